The maximum absolute atomic E-state index is 12.2. The van der Waals surface area contributed by atoms with E-state index in [4.69, 9.17) is 13.9 Å². The van der Waals surface area contributed by atoms with E-state index in [2.05, 4.69) is 0 Å². The molecule has 0 amide bonds. The molecule has 0 bridgehead atoms. The molecule has 8 nitrogen and oxygen atoms in total. The Labute approximate surface area is 171 Å². The van der Waals surface area contributed by atoms with Crippen LogP contribution in [0, 0.1) is 6.92 Å². The van der Waals surface area contributed by atoms with Gasteiger partial charge in [0.1, 0.15) is 35.7 Å². The van der Waals surface area contributed by atoms with E-state index in [9.17, 15) is 25.2 Å². The third-order valence-corrected chi connectivity index (χ3v) is 5.29. The van der Waals surface area contributed by atoms with Crippen LogP contribution >= 0.6 is 0 Å². The van der Waals surface area contributed by atoms with Gasteiger partial charge in [0.25, 0.3) is 0 Å². The zero-order valence-corrected chi connectivity index (χ0v) is 16.1. The Morgan fingerprint density at radius 2 is 1.73 bits per heavy atom. The molecule has 30 heavy (non-hydrogen) atoms. The average Bonchev–Trinajstić information content (AvgIpc) is 2.76. The molecule has 1 aliphatic rings. The molecule has 1 aromatic heterocycles. The van der Waals surface area contributed by atoms with E-state index in [1.165, 1.54) is 6.07 Å². The van der Waals surface area contributed by atoms with E-state index in [1.807, 2.05) is 30.3 Å². The second kappa shape index (κ2) is 8.17. The van der Waals surface area contributed by atoms with Crippen molar-refractivity contribution >= 4 is 11.0 Å². The first-order valence-corrected chi connectivity index (χ1v) is 9.50. The molecule has 0 radical (unpaired) electrons. The van der Waals surface area contributed by atoms with Gasteiger partial charge in [-0.3, -0.25) is 0 Å². The highest BCUT2D eigenvalue weighted by Gasteiger charge is 2.44. The van der Waals surface area contributed by atoms with Crippen molar-refractivity contribution in [2.75, 3.05) is 6.61 Å². The maximum atomic E-state index is 12.2. The second-order valence-electron chi connectivity index (χ2n) is 7.23. The van der Waals surface area contributed by atoms with Crippen molar-refractivity contribution < 1.29 is 34.3 Å². The summed E-state index contributed by atoms with van der Waals surface area (Å²) in [5.41, 5.74) is 1.87. The summed E-state index contributed by atoms with van der Waals surface area (Å²) in [7, 11) is 0. The van der Waals surface area contributed by atoms with Crippen LogP contribution in [0.1, 0.15) is 5.56 Å². The molecular weight excluding hydrogens is 392 g/mol. The van der Waals surface area contributed by atoms with Crippen LogP contribution in [0.2, 0.25) is 0 Å². The third kappa shape index (κ3) is 3.60. The number of aliphatic hydroxyl groups excluding tert-OH is 4. The lowest BCUT2D eigenvalue weighted by Gasteiger charge is -2.39. The Bertz CT molecular complexity index is 1090. The van der Waals surface area contributed by atoms with Gasteiger partial charge in [-0.2, -0.15) is 0 Å². The number of aliphatic hydroxyl groups is 4. The van der Waals surface area contributed by atoms with Crippen LogP contribution in [0.15, 0.2) is 57.7 Å². The maximum Gasteiger partial charge on any atom is 0.336 e. The van der Waals surface area contributed by atoms with Crippen LogP contribution in [0.3, 0.4) is 0 Å². The standard InChI is InChI=1S/C22H22O8/c1-11-15(28-22-20(27)19(26)18(25)16(10-23)29-22)8-7-13-14(9-17(24)30-21(11)13)12-5-3-2-4-6-12/h2-9,16,18-20,22-23,25-27H,10H2,1H3/t16-,18+,19+,20-,22-/m0/s1. The van der Waals surface area contributed by atoms with Crippen molar-refractivity contribution in [3.63, 3.8) is 0 Å². The zero-order chi connectivity index (χ0) is 21.4. The fourth-order valence-corrected chi connectivity index (χ4v) is 3.62. The lowest BCUT2D eigenvalue weighted by molar-refractivity contribution is -0.277. The van der Waals surface area contributed by atoms with Gasteiger partial charge >= 0.3 is 5.63 Å². The molecule has 5 atom stereocenters. The van der Waals surface area contributed by atoms with Gasteiger partial charge in [-0.15, -0.1) is 0 Å². The summed E-state index contributed by atoms with van der Waals surface area (Å²) in [6.45, 7) is 1.14. The minimum absolute atomic E-state index is 0.264. The molecule has 1 fully saturated rings. The fraction of sp³-hybridized carbons (Fsp3) is 0.318. The first kappa shape index (κ1) is 20.5. The molecule has 4 N–H and O–H groups in total. The molecule has 2 heterocycles. The summed E-state index contributed by atoms with van der Waals surface area (Å²) in [6, 6.07) is 14.2. The quantitative estimate of drug-likeness (QED) is 0.465. The highest BCUT2D eigenvalue weighted by Crippen LogP contribution is 2.34. The summed E-state index contributed by atoms with van der Waals surface area (Å²) in [4.78, 5) is 12.2. The molecule has 0 unspecified atom stereocenters. The molecule has 0 spiro atoms. The van der Waals surface area contributed by atoms with E-state index in [-0.39, 0.29) is 5.75 Å². The lowest BCUT2D eigenvalue weighted by atomic mass is 9.99. The average molecular weight is 414 g/mol. The number of hydrogen-bond donors (Lipinski definition) is 4. The summed E-state index contributed by atoms with van der Waals surface area (Å²) >= 11 is 0. The van der Waals surface area contributed by atoms with Crippen molar-refractivity contribution in [2.45, 2.75) is 37.6 Å². The molecule has 0 saturated carbocycles. The van der Waals surface area contributed by atoms with Gasteiger partial charge in [0.05, 0.1) is 6.61 Å². The molecule has 1 aliphatic heterocycles. The zero-order valence-electron chi connectivity index (χ0n) is 16.1. The molecule has 8 heteroatoms. The van der Waals surface area contributed by atoms with Crippen molar-refractivity contribution in [3.8, 4) is 16.9 Å². The molecule has 4 rings (SSSR count). The van der Waals surface area contributed by atoms with E-state index in [1.54, 1.807) is 19.1 Å². The number of fused-ring (bicyclic) bond motifs is 1. The fourth-order valence-electron chi connectivity index (χ4n) is 3.62. The van der Waals surface area contributed by atoms with Crippen LogP contribution in [-0.2, 0) is 4.74 Å². The van der Waals surface area contributed by atoms with Gasteiger partial charge < -0.3 is 34.3 Å². The van der Waals surface area contributed by atoms with Gasteiger partial charge in [-0.05, 0) is 30.2 Å². The number of benzene rings is 2. The van der Waals surface area contributed by atoms with Crippen LogP contribution in [0.5, 0.6) is 5.75 Å². The minimum Gasteiger partial charge on any atom is -0.462 e. The SMILES string of the molecule is Cc1c(O[C@H]2O[C@@H](CO)[C@@H](O)[C@@H](O)[C@@H]2O)ccc2c(-c3ccccc3)cc(=O)oc12. The topological polar surface area (TPSA) is 130 Å². The lowest BCUT2D eigenvalue weighted by Crippen LogP contribution is -2.60. The van der Waals surface area contributed by atoms with Crippen molar-refractivity contribution in [1.29, 1.82) is 0 Å². The Balaban J connectivity index is 1.73. The Morgan fingerprint density at radius 1 is 1.00 bits per heavy atom. The number of aryl methyl sites for hydroxylation is 1. The van der Waals surface area contributed by atoms with Crippen LogP contribution in [0.25, 0.3) is 22.1 Å². The molecular formula is C22H22O8. The Morgan fingerprint density at radius 3 is 2.43 bits per heavy atom. The van der Waals surface area contributed by atoms with Gasteiger partial charge in [0.2, 0.25) is 6.29 Å². The van der Waals surface area contributed by atoms with Gasteiger partial charge in [0.15, 0.2) is 0 Å². The van der Waals surface area contributed by atoms with Gasteiger partial charge in [0, 0.05) is 17.0 Å². The molecule has 2 aromatic carbocycles. The Kier molecular flexibility index (Phi) is 5.59. The van der Waals surface area contributed by atoms with E-state index in [0.717, 1.165) is 5.56 Å². The normalized spacial score (nSPS) is 26.6. The Hall–Kier alpha value is -2.75. The highest BCUT2D eigenvalue weighted by atomic mass is 16.7. The molecule has 158 valence electrons. The summed E-state index contributed by atoms with van der Waals surface area (Å²) in [5, 5.41) is 40.1. The number of rotatable bonds is 4. The first-order chi connectivity index (χ1) is 14.4. The van der Waals surface area contributed by atoms with Crippen LogP contribution in [-0.4, -0.2) is 57.7 Å². The summed E-state index contributed by atoms with van der Waals surface area (Å²) in [6.07, 6.45) is -6.99. The predicted octanol–water partition coefficient (Wildman–Crippen LogP) is 0.947. The van der Waals surface area contributed by atoms with Crippen LogP contribution in [0.4, 0.5) is 0 Å². The van der Waals surface area contributed by atoms with Gasteiger partial charge in [-0.25, -0.2) is 4.79 Å². The predicted molar refractivity (Wildman–Crippen MR) is 107 cm³/mol. The minimum atomic E-state index is -1.55. The van der Waals surface area contributed by atoms with E-state index < -0.39 is 42.9 Å². The molecule has 1 saturated heterocycles. The number of ether oxygens (including phenoxy) is 2. The highest BCUT2D eigenvalue weighted by molar-refractivity contribution is 5.95. The third-order valence-electron chi connectivity index (χ3n) is 5.29. The monoisotopic (exact) mass is 414 g/mol. The summed E-state index contributed by atoms with van der Waals surface area (Å²) in [5.74, 6) is 0.264. The number of hydrogen-bond acceptors (Lipinski definition) is 8. The van der Waals surface area contributed by atoms with Crippen LogP contribution < -0.4 is 10.4 Å². The van der Waals surface area contributed by atoms with Crippen molar-refractivity contribution in [3.05, 3.63) is 64.5 Å². The van der Waals surface area contributed by atoms with Crippen molar-refractivity contribution in [1.82, 2.24) is 0 Å². The molecule has 0 aliphatic carbocycles. The van der Waals surface area contributed by atoms with Gasteiger partial charge in [-0.1, -0.05) is 30.3 Å². The largest absolute Gasteiger partial charge is 0.462 e. The smallest absolute Gasteiger partial charge is 0.336 e. The first-order valence-electron chi connectivity index (χ1n) is 9.50. The van der Waals surface area contributed by atoms with E-state index in [0.29, 0.717) is 22.1 Å². The van der Waals surface area contributed by atoms with Crippen molar-refractivity contribution in [2.24, 2.45) is 0 Å². The summed E-state index contributed by atoms with van der Waals surface area (Å²) < 4.78 is 16.5. The van der Waals surface area contributed by atoms with E-state index >= 15 is 0 Å². The molecule has 3 aromatic rings. The second-order valence-corrected chi connectivity index (χ2v) is 7.23.